The standard InChI is InChI=1S/C10H14ClNS/c1-12(2)8-3-4-9-7(5-8)6-10(11)13-9/h6,8H,3-5H2,1-2H3. The Morgan fingerprint density at radius 2 is 2.31 bits per heavy atom. The van der Waals surface area contributed by atoms with Gasteiger partial charge in [-0.05, 0) is 45.0 Å². The van der Waals surface area contributed by atoms with Crippen LogP contribution in [0.2, 0.25) is 4.34 Å². The first kappa shape index (κ1) is 9.50. The molecule has 72 valence electrons. The molecule has 1 unspecified atom stereocenters. The number of nitrogens with zero attached hydrogens (tertiary/aromatic N) is 1. The number of fused-ring (bicyclic) bond motifs is 1. The molecule has 1 atom stereocenters. The van der Waals surface area contributed by atoms with Gasteiger partial charge in [0.15, 0.2) is 0 Å². The highest BCUT2D eigenvalue weighted by Crippen LogP contribution is 2.33. The molecule has 0 amide bonds. The Bertz CT molecular complexity index is 306. The first-order valence-electron chi connectivity index (χ1n) is 4.60. The van der Waals surface area contributed by atoms with Crippen molar-refractivity contribution in [3.8, 4) is 0 Å². The molecule has 0 saturated heterocycles. The van der Waals surface area contributed by atoms with Crippen molar-refractivity contribution in [3.63, 3.8) is 0 Å². The quantitative estimate of drug-likeness (QED) is 0.697. The highest BCUT2D eigenvalue weighted by atomic mass is 35.5. The van der Waals surface area contributed by atoms with Crippen molar-refractivity contribution in [3.05, 3.63) is 20.8 Å². The number of aryl methyl sites for hydroxylation is 1. The monoisotopic (exact) mass is 215 g/mol. The molecule has 0 spiro atoms. The molecular weight excluding hydrogens is 202 g/mol. The van der Waals surface area contributed by atoms with Gasteiger partial charge in [0.2, 0.25) is 0 Å². The molecule has 0 aliphatic heterocycles. The van der Waals surface area contributed by atoms with Crippen molar-refractivity contribution in [2.24, 2.45) is 0 Å². The van der Waals surface area contributed by atoms with E-state index in [1.807, 2.05) is 0 Å². The zero-order chi connectivity index (χ0) is 9.42. The van der Waals surface area contributed by atoms with Crippen molar-refractivity contribution in [1.29, 1.82) is 0 Å². The van der Waals surface area contributed by atoms with Crippen LogP contribution in [0.1, 0.15) is 16.9 Å². The van der Waals surface area contributed by atoms with Gasteiger partial charge in [0.05, 0.1) is 4.34 Å². The van der Waals surface area contributed by atoms with E-state index in [1.165, 1.54) is 29.7 Å². The third-order valence-corrected chi connectivity index (χ3v) is 4.12. The van der Waals surface area contributed by atoms with Crippen LogP contribution in [0, 0.1) is 0 Å². The summed E-state index contributed by atoms with van der Waals surface area (Å²) < 4.78 is 0.949. The molecule has 1 nitrogen and oxygen atoms in total. The number of halogens is 1. The minimum atomic E-state index is 0.707. The summed E-state index contributed by atoms with van der Waals surface area (Å²) in [7, 11) is 4.31. The Kier molecular flexibility index (Phi) is 2.63. The van der Waals surface area contributed by atoms with E-state index in [9.17, 15) is 0 Å². The van der Waals surface area contributed by atoms with Crippen LogP contribution in [-0.4, -0.2) is 25.0 Å². The lowest BCUT2D eigenvalue weighted by Crippen LogP contribution is -2.32. The summed E-state index contributed by atoms with van der Waals surface area (Å²) in [5.74, 6) is 0. The van der Waals surface area contributed by atoms with Crippen molar-refractivity contribution in [2.75, 3.05) is 14.1 Å². The molecule has 0 fully saturated rings. The van der Waals surface area contributed by atoms with E-state index >= 15 is 0 Å². The molecule has 0 N–H and O–H groups in total. The number of rotatable bonds is 1. The maximum absolute atomic E-state index is 5.98. The molecule has 1 heterocycles. The molecule has 3 heteroatoms. The fourth-order valence-electron chi connectivity index (χ4n) is 1.91. The maximum Gasteiger partial charge on any atom is 0.0934 e. The van der Waals surface area contributed by atoms with E-state index in [2.05, 4.69) is 25.1 Å². The Labute approximate surface area is 88.3 Å². The average molecular weight is 216 g/mol. The van der Waals surface area contributed by atoms with E-state index in [1.54, 1.807) is 11.3 Å². The van der Waals surface area contributed by atoms with Gasteiger partial charge in [0, 0.05) is 10.9 Å². The highest BCUT2D eigenvalue weighted by Gasteiger charge is 2.21. The molecule has 0 bridgehead atoms. The van der Waals surface area contributed by atoms with Gasteiger partial charge in [0.25, 0.3) is 0 Å². The molecule has 1 aromatic heterocycles. The first-order chi connectivity index (χ1) is 6.16. The Balaban J connectivity index is 2.19. The topological polar surface area (TPSA) is 3.24 Å². The van der Waals surface area contributed by atoms with Crippen LogP contribution in [0.15, 0.2) is 6.07 Å². The summed E-state index contributed by atoms with van der Waals surface area (Å²) in [6.45, 7) is 0. The summed E-state index contributed by atoms with van der Waals surface area (Å²) in [6, 6.07) is 2.84. The highest BCUT2D eigenvalue weighted by molar-refractivity contribution is 7.16. The van der Waals surface area contributed by atoms with E-state index in [0.29, 0.717) is 6.04 Å². The summed E-state index contributed by atoms with van der Waals surface area (Å²) in [4.78, 5) is 3.82. The van der Waals surface area contributed by atoms with Crippen LogP contribution in [0.4, 0.5) is 0 Å². The zero-order valence-electron chi connectivity index (χ0n) is 8.01. The molecule has 1 aliphatic carbocycles. The van der Waals surface area contributed by atoms with E-state index in [0.717, 1.165) is 4.34 Å². The van der Waals surface area contributed by atoms with Gasteiger partial charge < -0.3 is 4.90 Å². The summed E-state index contributed by atoms with van der Waals surface area (Å²) in [5, 5.41) is 0. The van der Waals surface area contributed by atoms with E-state index < -0.39 is 0 Å². The molecule has 0 saturated carbocycles. The Morgan fingerprint density at radius 1 is 1.54 bits per heavy atom. The summed E-state index contributed by atoms with van der Waals surface area (Å²) >= 11 is 7.73. The number of thiophene rings is 1. The first-order valence-corrected chi connectivity index (χ1v) is 5.80. The van der Waals surface area contributed by atoms with Crippen LogP contribution < -0.4 is 0 Å². The summed E-state index contributed by atoms with van der Waals surface area (Å²) in [5.41, 5.74) is 1.47. The fraction of sp³-hybridized carbons (Fsp3) is 0.600. The average Bonchev–Trinajstić information content (AvgIpc) is 2.42. The number of likely N-dealkylation sites (N-methyl/N-ethyl adjacent to an activating group) is 1. The maximum atomic E-state index is 5.98. The Morgan fingerprint density at radius 3 is 3.00 bits per heavy atom. The van der Waals surface area contributed by atoms with Crippen LogP contribution in [0.5, 0.6) is 0 Å². The van der Waals surface area contributed by atoms with Gasteiger partial charge >= 0.3 is 0 Å². The lowest BCUT2D eigenvalue weighted by atomic mass is 9.94. The fourth-order valence-corrected chi connectivity index (χ4v) is 3.25. The van der Waals surface area contributed by atoms with Gasteiger partial charge in [-0.25, -0.2) is 0 Å². The largest absolute Gasteiger partial charge is 0.306 e. The van der Waals surface area contributed by atoms with Crippen LogP contribution >= 0.6 is 22.9 Å². The lowest BCUT2D eigenvalue weighted by Gasteiger charge is -2.27. The summed E-state index contributed by atoms with van der Waals surface area (Å²) in [6.07, 6.45) is 3.65. The van der Waals surface area contributed by atoms with Crippen molar-refractivity contribution in [1.82, 2.24) is 4.90 Å². The minimum Gasteiger partial charge on any atom is -0.306 e. The number of hydrogen-bond donors (Lipinski definition) is 0. The van der Waals surface area contributed by atoms with Gasteiger partial charge in [-0.15, -0.1) is 11.3 Å². The van der Waals surface area contributed by atoms with Gasteiger partial charge in [0.1, 0.15) is 0 Å². The van der Waals surface area contributed by atoms with Crippen molar-refractivity contribution >= 4 is 22.9 Å². The molecule has 2 rings (SSSR count). The van der Waals surface area contributed by atoms with Crippen LogP contribution in [-0.2, 0) is 12.8 Å². The second kappa shape index (κ2) is 3.60. The van der Waals surface area contributed by atoms with Crippen molar-refractivity contribution in [2.45, 2.75) is 25.3 Å². The lowest BCUT2D eigenvalue weighted by molar-refractivity contribution is 0.269. The predicted octanol–water partition coefficient (Wildman–Crippen LogP) is 2.82. The van der Waals surface area contributed by atoms with Crippen LogP contribution in [0.25, 0.3) is 0 Å². The SMILES string of the molecule is CN(C)C1CCc2sc(Cl)cc2C1. The van der Waals surface area contributed by atoms with Gasteiger partial charge in [-0.3, -0.25) is 0 Å². The normalized spacial score (nSPS) is 22.0. The van der Waals surface area contributed by atoms with E-state index in [-0.39, 0.29) is 0 Å². The predicted molar refractivity (Wildman–Crippen MR) is 58.8 cm³/mol. The second-order valence-corrected chi connectivity index (χ2v) is 5.63. The Hall–Kier alpha value is -0.0500. The smallest absolute Gasteiger partial charge is 0.0934 e. The molecule has 0 radical (unpaired) electrons. The van der Waals surface area contributed by atoms with E-state index in [4.69, 9.17) is 11.6 Å². The third kappa shape index (κ3) is 1.90. The second-order valence-electron chi connectivity index (χ2n) is 3.86. The molecule has 1 aliphatic rings. The minimum absolute atomic E-state index is 0.707. The molecular formula is C10H14ClNS. The van der Waals surface area contributed by atoms with Gasteiger partial charge in [-0.2, -0.15) is 0 Å². The van der Waals surface area contributed by atoms with Crippen molar-refractivity contribution < 1.29 is 0 Å². The molecule has 1 aromatic rings. The molecule has 13 heavy (non-hydrogen) atoms. The van der Waals surface area contributed by atoms with Crippen LogP contribution in [0.3, 0.4) is 0 Å². The molecule has 0 aromatic carbocycles. The van der Waals surface area contributed by atoms with Gasteiger partial charge in [-0.1, -0.05) is 11.6 Å². The zero-order valence-corrected chi connectivity index (χ0v) is 9.58. The number of hydrogen-bond acceptors (Lipinski definition) is 2. The third-order valence-electron chi connectivity index (χ3n) is 2.76.